The van der Waals surface area contributed by atoms with Crippen LogP contribution in [0.15, 0.2) is 30.5 Å². The number of aryl methyl sites for hydroxylation is 2. The van der Waals surface area contributed by atoms with Crippen molar-refractivity contribution in [2.75, 3.05) is 11.9 Å². The van der Waals surface area contributed by atoms with Crippen LogP contribution in [0.2, 0.25) is 0 Å². The number of amides is 1. The van der Waals surface area contributed by atoms with E-state index >= 15 is 0 Å². The summed E-state index contributed by atoms with van der Waals surface area (Å²) in [7, 11) is 1.47. The Morgan fingerprint density at radius 1 is 1.24 bits per heavy atom. The number of hydrogen-bond donors (Lipinski definition) is 3. The molecule has 1 aliphatic rings. The van der Waals surface area contributed by atoms with Gasteiger partial charge in [0.15, 0.2) is 0 Å². The molecule has 0 bridgehead atoms. The third-order valence-electron chi connectivity index (χ3n) is 5.37. The number of nitrogens with one attached hydrogen (secondary N) is 2. The first-order chi connectivity index (χ1) is 13.7. The van der Waals surface area contributed by atoms with Crippen LogP contribution in [-0.4, -0.2) is 34.3 Å². The summed E-state index contributed by atoms with van der Waals surface area (Å²) in [5.74, 6) is -4.08. The zero-order chi connectivity index (χ0) is 21.2. The van der Waals surface area contributed by atoms with Crippen LogP contribution >= 0.6 is 0 Å². The minimum atomic E-state index is -3.16. The number of halogens is 3. The standard InChI is InChI=1S/C21H26F3N3O2/c1-13-9-16(5-8-18(13)22)26-20(29)14-10-19(27(2)11-14)21(23,24)12-25-15-3-6-17(28)7-4-15/h5,8-11,15,17,25,28H,3-4,6-7,12H2,1-2H3,(H,26,29). The quantitative estimate of drug-likeness (QED) is 0.682. The number of anilines is 1. The number of hydrogen-bond acceptors (Lipinski definition) is 3. The topological polar surface area (TPSA) is 66.3 Å². The molecule has 1 aliphatic carbocycles. The zero-order valence-corrected chi connectivity index (χ0v) is 16.5. The maximum Gasteiger partial charge on any atom is 0.299 e. The molecule has 0 spiro atoms. The lowest BCUT2D eigenvalue weighted by Crippen LogP contribution is -2.41. The molecule has 0 saturated heterocycles. The minimum absolute atomic E-state index is 0.0472. The van der Waals surface area contributed by atoms with E-state index in [1.165, 1.54) is 42.1 Å². The van der Waals surface area contributed by atoms with E-state index in [2.05, 4.69) is 10.6 Å². The largest absolute Gasteiger partial charge is 0.393 e. The van der Waals surface area contributed by atoms with Crippen molar-refractivity contribution in [2.45, 2.75) is 50.7 Å². The van der Waals surface area contributed by atoms with Crippen molar-refractivity contribution in [1.29, 1.82) is 0 Å². The lowest BCUT2D eigenvalue weighted by molar-refractivity contribution is -0.0150. The first-order valence-corrected chi connectivity index (χ1v) is 9.69. The highest BCUT2D eigenvalue weighted by Crippen LogP contribution is 2.30. The number of aliphatic hydroxyl groups is 1. The van der Waals surface area contributed by atoms with Gasteiger partial charge in [-0.3, -0.25) is 4.79 Å². The van der Waals surface area contributed by atoms with Gasteiger partial charge in [-0.05, 0) is 62.4 Å². The third-order valence-corrected chi connectivity index (χ3v) is 5.37. The third kappa shape index (κ3) is 5.19. The van der Waals surface area contributed by atoms with Crippen molar-refractivity contribution in [2.24, 2.45) is 7.05 Å². The minimum Gasteiger partial charge on any atom is -0.393 e. The Kier molecular flexibility index (Phi) is 6.33. The SMILES string of the molecule is Cc1cc(NC(=O)c2cc(C(F)(F)CNC3CCC(O)CC3)n(C)c2)ccc1F. The maximum atomic E-state index is 14.7. The maximum absolute atomic E-state index is 14.7. The second-order valence-corrected chi connectivity index (χ2v) is 7.73. The average molecular weight is 409 g/mol. The molecule has 1 aromatic heterocycles. The van der Waals surface area contributed by atoms with Crippen molar-refractivity contribution in [3.63, 3.8) is 0 Å². The molecule has 3 rings (SSSR count). The molecule has 8 heteroatoms. The molecule has 29 heavy (non-hydrogen) atoms. The first kappa shape index (κ1) is 21.4. The van der Waals surface area contributed by atoms with Crippen LogP contribution in [0.5, 0.6) is 0 Å². The highest BCUT2D eigenvalue weighted by atomic mass is 19.3. The first-order valence-electron chi connectivity index (χ1n) is 9.69. The molecular weight excluding hydrogens is 383 g/mol. The molecule has 3 N–H and O–H groups in total. The Morgan fingerprint density at radius 3 is 2.59 bits per heavy atom. The average Bonchev–Trinajstić information content (AvgIpc) is 3.07. The molecule has 0 aliphatic heterocycles. The summed E-state index contributed by atoms with van der Waals surface area (Å²) in [5.41, 5.74) is 0.614. The Labute approximate surface area is 167 Å². The molecule has 158 valence electrons. The number of aliphatic hydroxyl groups excluding tert-OH is 1. The zero-order valence-electron chi connectivity index (χ0n) is 16.5. The highest BCUT2D eigenvalue weighted by Gasteiger charge is 2.36. The van der Waals surface area contributed by atoms with Crippen LogP contribution in [0, 0.1) is 12.7 Å². The summed E-state index contributed by atoms with van der Waals surface area (Å²) < 4.78 is 44.1. The van der Waals surface area contributed by atoms with Gasteiger partial charge in [-0.25, -0.2) is 4.39 Å². The number of benzene rings is 1. The van der Waals surface area contributed by atoms with Crippen LogP contribution in [-0.2, 0) is 13.0 Å². The van der Waals surface area contributed by atoms with Crippen molar-refractivity contribution in [3.05, 3.63) is 53.1 Å². The number of rotatable bonds is 6. The second kappa shape index (κ2) is 8.59. The summed E-state index contributed by atoms with van der Waals surface area (Å²) in [6.45, 7) is 1.04. The molecule has 1 aromatic carbocycles. The number of nitrogens with zero attached hydrogens (tertiary/aromatic N) is 1. The monoisotopic (exact) mass is 409 g/mol. The molecule has 5 nitrogen and oxygen atoms in total. The van der Waals surface area contributed by atoms with Crippen molar-refractivity contribution in [1.82, 2.24) is 9.88 Å². The molecule has 0 atom stereocenters. The van der Waals surface area contributed by atoms with E-state index in [9.17, 15) is 23.1 Å². The molecule has 1 amide bonds. The van der Waals surface area contributed by atoms with E-state index in [4.69, 9.17) is 0 Å². The van der Waals surface area contributed by atoms with Crippen LogP contribution in [0.3, 0.4) is 0 Å². The fourth-order valence-electron chi connectivity index (χ4n) is 3.62. The van der Waals surface area contributed by atoms with Gasteiger partial charge in [0.2, 0.25) is 0 Å². The van der Waals surface area contributed by atoms with Crippen molar-refractivity contribution in [3.8, 4) is 0 Å². The number of alkyl halides is 2. The van der Waals surface area contributed by atoms with Crippen molar-refractivity contribution < 1.29 is 23.1 Å². The number of aromatic nitrogens is 1. The van der Waals surface area contributed by atoms with E-state index in [-0.39, 0.29) is 29.2 Å². The number of carbonyl (C=O) groups excluding carboxylic acids is 1. The number of carbonyl (C=O) groups is 1. The Bertz CT molecular complexity index is 874. The highest BCUT2D eigenvalue weighted by molar-refractivity contribution is 6.04. The van der Waals surface area contributed by atoms with E-state index in [1.807, 2.05) is 0 Å². The van der Waals surface area contributed by atoms with Crippen molar-refractivity contribution >= 4 is 11.6 Å². The van der Waals surface area contributed by atoms with E-state index in [1.54, 1.807) is 6.92 Å². The lowest BCUT2D eigenvalue weighted by Gasteiger charge is -2.28. The van der Waals surface area contributed by atoms with Gasteiger partial charge >= 0.3 is 0 Å². The van der Waals surface area contributed by atoms with E-state index < -0.39 is 18.4 Å². The van der Waals surface area contributed by atoms with E-state index in [0.717, 1.165) is 0 Å². The van der Waals surface area contributed by atoms with Crippen LogP contribution in [0.25, 0.3) is 0 Å². The van der Waals surface area contributed by atoms with Gasteiger partial charge in [0.25, 0.3) is 11.8 Å². The van der Waals surface area contributed by atoms with Gasteiger partial charge in [-0.2, -0.15) is 8.78 Å². The summed E-state index contributed by atoms with van der Waals surface area (Å²) in [4.78, 5) is 12.4. The molecule has 0 radical (unpaired) electrons. The molecule has 1 fully saturated rings. The Morgan fingerprint density at radius 2 is 1.93 bits per heavy atom. The van der Waals surface area contributed by atoms with E-state index in [0.29, 0.717) is 36.9 Å². The fourth-order valence-corrected chi connectivity index (χ4v) is 3.62. The Balaban J connectivity index is 1.66. The molecular formula is C21H26F3N3O2. The van der Waals surface area contributed by atoms with Crippen LogP contribution in [0.4, 0.5) is 18.9 Å². The lowest BCUT2D eigenvalue weighted by atomic mass is 9.93. The van der Waals surface area contributed by atoms with Gasteiger partial charge in [0, 0.05) is 25.0 Å². The molecule has 0 unspecified atom stereocenters. The predicted molar refractivity (Wildman–Crippen MR) is 105 cm³/mol. The molecule has 2 aromatic rings. The normalized spacial score (nSPS) is 19.9. The van der Waals surface area contributed by atoms with Gasteiger partial charge in [-0.1, -0.05) is 0 Å². The molecule has 1 heterocycles. The second-order valence-electron chi connectivity index (χ2n) is 7.73. The van der Waals surface area contributed by atoms with Crippen LogP contribution < -0.4 is 10.6 Å². The smallest absolute Gasteiger partial charge is 0.299 e. The Hall–Kier alpha value is -2.32. The summed E-state index contributed by atoms with van der Waals surface area (Å²) in [6.07, 6.45) is 3.56. The fraction of sp³-hybridized carbons (Fsp3) is 0.476. The van der Waals surface area contributed by atoms with Gasteiger partial charge in [-0.15, -0.1) is 0 Å². The van der Waals surface area contributed by atoms with Gasteiger partial charge in [0.1, 0.15) is 5.82 Å². The van der Waals surface area contributed by atoms with Crippen LogP contribution in [0.1, 0.15) is 47.3 Å². The summed E-state index contributed by atoms with van der Waals surface area (Å²) in [5, 5.41) is 15.0. The molecule has 1 saturated carbocycles. The van der Waals surface area contributed by atoms with Gasteiger partial charge in [0.05, 0.1) is 23.9 Å². The summed E-state index contributed by atoms with van der Waals surface area (Å²) in [6, 6.07) is 5.28. The predicted octanol–water partition coefficient (Wildman–Crippen LogP) is 3.71. The summed E-state index contributed by atoms with van der Waals surface area (Å²) >= 11 is 0. The van der Waals surface area contributed by atoms with Gasteiger partial charge < -0.3 is 20.3 Å².